The number of hydrogen-bond donors (Lipinski definition) is 0. The summed E-state index contributed by atoms with van der Waals surface area (Å²) >= 11 is 0. The molecule has 0 unspecified atom stereocenters. The fourth-order valence-electron chi connectivity index (χ4n) is 7.90. The molecule has 0 amide bonds. The molecule has 0 bridgehead atoms. The number of para-hydroxylation sites is 8. The van der Waals surface area contributed by atoms with Crippen LogP contribution in [0, 0.1) is 0 Å². The first-order chi connectivity index (χ1) is 28.7. The second-order valence-corrected chi connectivity index (χ2v) is 13.9. The highest BCUT2D eigenvalue weighted by Gasteiger charge is 2.30. The Morgan fingerprint density at radius 2 is 0.741 bits per heavy atom. The summed E-state index contributed by atoms with van der Waals surface area (Å²) in [4.78, 5) is 23.3. The molecule has 10 aromatic rings. The van der Waals surface area contributed by atoms with Crippen molar-refractivity contribution in [1.82, 2.24) is 19.9 Å². The average Bonchev–Trinajstić information content (AvgIpc) is 3.92. The van der Waals surface area contributed by atoms with Gasteiger partial charge in [0.2, 0.25) is 23.2 Å². The van der Waals surface area contributed by atoms with E-state index in [9.17, 15) is 0 Å². The molecule has 0 aliphatic carbocycles. The van der Waals surface area contributed by atoms with Crippen molar-refractivity contribution in [3.63, 3.8) is 0 Å². The van der Waals surface area contributed by atoms with E-state index >= 15 is 0 Å². The molecule has 2 aliphatic heterocycles. The van der Waals surface area contributed by atoms with Crippen molar-refractivity contribution in [3.8, 4) is 57.0 Å². The van der Waals surface area contributed by atoms with Crippen LogP contribution in [0.15, 0.2) is 179 Å². The number of oxazole rings is 2. The van der Waals surface area contributed by atoms with E-state index in [4.69, 9.17) is 28.3 Å². The van der Waals surface area contributed by atoms with Crippen molar-refractivity contribution in [2.75, 3.05) is 9.80 Å². The van der Waals surface area contributed by atoms with E-state index in [1.807, 2.05) is 97.1 Å². The monoisotopic (exact) mass is 752 g/mol. The second kappa shape index (κ2) is 12.7. The lowest BCUT2D eigenvalue weighted by Crippen LogP contribution is -2.16. The molecule has 0 atom stereocenters. The lowest BCUT2D eigenvalue weighted by molar-refractivity contribution is 0.476. The average molecular weight is 753 g/mol. The number of ether oxygens (including phenoxy) is 2. The molecule has 0 spiro atoms. The van der Waals surface area contributed by atoms with Crippen molar-refractivity contribution in [2.24, 2.45) is 0 Å². The normalized spacial score (nSPS) is 12.7. The van der Waals surface area contributed by atoms with E-state index in [0.29, 0.717) is 34.2 Å². The molecule has 10 nitrogen and oxygen atoms in total. The summed E-state index contributed by atoms with van der Waals surface area (Å²) in [5.41, 5.74) is 10.8. The summed E-state index contributed by atoms with van der Waals surface area (Å²) in [7, 11) is 0. The minimum absolute atomic E-state index is 0.422. The number of benzene rings is 6. The van der Waals surface area contributed by atoms with Crippen LogP contribution in [-0.4, -0.2) is 19.9 Å². The molecule has 6 heterocycles. The lowest BCUT2D eigenvalue weighted by Gasteiger charge is -2.33. The molecule has 0 saturated heterocycles. The number of fused-ring (bicyclic) bond motifs is 6. The highest BCUT2D eigenvalue weighted by atomic mass is 16.5. The van der Waals surface area contributed by atoms with Crippen LogP contribution in [0.2, 0.25) is 0 Å². The maximum absolute atomic E-state index is 6.45. The van der Waals surface area contributed by atoms with Crippen molar-refractivity contribution >= 4 is 56.6 Å². The van der Waals surface area contributed by atoms with Gasteiger partial charge in [-0.15, -0.1) is 0 Å². The fraction of sp³-hybridized carbons (Fsp3) is 0. The minimum Gasteiger partial charge on any atom is -0.453 e. The van der Waals surface area contributed by atoms with Gasteiger partial charge in [0.25, 0.3) is 0 Å². The van der Waals surface area contributed by atoms with E-state index in [2.05, 4.69) is 80.4 Å². The Morgan fingerprint density at radius 3 is 1.12 bits per heavy atom. The molecular formula is C48H28N6O4. The maximum Gasteiger partial charge on any atom is 0.247 e. The second-order valence-electron chi connectivity index (χ2n) is 13.9. The summed E-state index contributed by atoms with van der Waals surface area (Å²) in [5, 5.41) is 0. The molecule has 6 aromatic carbocycles. The number of rotatable bonds is 5. The SMILES string of the molecule is c1ccc2c(c1)Oc1ccccc1N2c1ccc(-c2ccc(N3c4ccccc4Oc4ccccc43)cc2-c2nc3cccnc3o2)c(-c2nc3cccnc3o2)c1. The summed E-state index contributed by atoms with van der Waals surface area (Å²) in [5.74, 6) is 3.87. The Morgan fingerprint density at radius 1 is 0.362 bits per heavy atom. The zero-order chi connectivity index (χ0) is 38.2. The molecule has 4 aromatic heterocycles. The third-order valence-corrected chi connectivity index (χ3v) is 10.5. The van der Waals surface area contributed by atoms with Crippen LogP contribution in [0.5, 0.6) is 23.0 Å². The van der Waals surface area contributed by atoms with Crippen LogP contribution in [0.25, 0.3) is 56.5 Å². The number of anilines is 6. The Bertz CT molecular complexity index is 2870. The molecule has 0 saturated carbocycles. The van der Waals surface area contributed by atoms with Crippen LogP contribution in [0.1, 0.15) is 0 Å². The van der Waals surface area contributed by atoms with Gasteiger partial charge in [0.1, 0.15) is 11.0 Å². The van der Waals surface area contributed by atoms with Crippen molar-refractivity contribution < 1.29 is 18.3 Å². The number of pyridine rings is 2. The predicted octanol–water partition coefficient (Wildman–Crippen LogP) is 12.9. The first-order valence-electron chi connectivity index (χ1n) is 18.8. The molecular weight excluding hydrogens is 725 g/mol. The van der Waals surface area contributed by atoms with Crippen molar-refractivity contribution in [3.05, 3.63) is 170 Å². The van der Waals surface area contributed by atoms with E-state index in [1.54, 1.807) is 12.4 Å². The van der Waals surface area contributed by atoms with Crippen LogP contribution in [0.4, 0.5) is 34.1 Å². The third kappa shape index (κ3) is 5.05. The zero-order valence-corrected chi connectivity index (χ0v) is 30.5. The minimum atomic E-state index is 0.422. The molecule has 274 valence electrons. The van der Waals surface area contributed by atoms with Crippen LogP contribution < -0.4 is 19.3 Å². The quantitative estimate of drug-likeness (QED) is 0.169. The van der Waals surface area contributed by atoms with Crippen molar-refractivity contribution in [1.29, 1.82) is 0 Å². The Balaban J connectivity index is 1.11. The highest BCUT2D eigenvalue weighted by molar-refractivity contribution is 5.97. The molecule has 0 fully saturated rings. The highest BCUT2D eigenvalue weighted by Crippen LogP contribution is 2.54. The summed E-state index contributed by atoms with van der Waals surface area (Å²) in [6.07, 6.45) is 3.41. The van der Waals surface area contributed by atoms with Gasteiger partial charge in [-0.2, -0.15) is 0 Å². The smallest absolute Gasteiger partial charge is 0.247 e. The van der Waals surface area contributed by atoms with Gasteiger partial charge in [0, 0.05) is 34.9 Å². The van der Waals surface area contributed by atoms with Gasteiger partial charge in [-0.3, -0.25) is 0 Å². The van der Waals surface area contributed by atoms with E-state index in [-0.39, 0.29) is 0 Å². The van der Waals surface area contributed by atoms with Gasteiger partial charge in [-0.05, 0) is 108 Å². The summed E-state index contributed by atoms with van der Waals surface area (Å²) in [6.45, 7) is 0. The topological polar surface area (TPSA) is 103 Å². The van der Waals surface area contributed by atoms with Crippen LogP contribution >= 0.6 is 0 Å². The first-order valence-corrected chi connectivity index (χ1v) is 18.8. The molecule has 58 heavy (non-hydrogen) atoms. The molecule has 0 N–H and O–H groups in total. The molecule has 0 radical (unpaired) electrons. The van der Waals surface area contributed by atoms with Gasteiger partial charge in [-0.1, -0.05) is 60.7 Å². The zero-order valence-electron chi connectivity index (χ0n) is 30.5. The number of aromatic nitrogens is 4. The Labute approximate surface area is 330 Å². The summed E-state index contributed by atoms with van der Waals surface area (Å²) in [6, 6.07) is 52.3. The molecule has 2 aliphatic rings. The van der Waals surface area contributed by atoms with Crippen LogP contribution in [-0.2, 0) is 0 Å². The van der Waals surface area contributed by atoms with Crippen molar-refractivity contribution in [2.45, 2.75) is 0 Å². The van der Waals surface area contributed by atoms with Gasteiger partial charge >= 0.3 is 0 Å². The largest absolute Gasteiger partial charge is 0.453 e. The molecule has 12 rings (SSSR count). The molecule has 10 heteroatoms. The predicted molar refractivity (Wildman–Crippen MR) is 223 cm³/mol. The lowest BCUT2D eigenvalue weighted by atomic mass is 9.93. The van der Waals surface area contributed by atoms with Crippen LogP contribution in [0.3, 0.4) is 0 Å². The number of hydrogen-bond acceptors (Lipinski definition) is 10. The van der Waals surface area contributed by atoms with Gasteiger partial charge < -0.3 is 28.1 Å². The number of nitrogens with zero attached hydrogens (tertiary/aromatic N) is 6. The Hall–Kier alpha value is -8.24. The first kappa shape index (κ1) is 32.0. The maximum atomic E-state index is 6.45. The van der Waals surface area contributed by atoms with Gasteiger partial charge in [0.05, 0.1) is 22.7 Å². The standard InChI is InChI=1S/C48H28N6O4/c1-5-17-41-37(13-1)53(38-14-2-6-18-42(38)55-41)29-21-23-31(33(27-29)45-51-35-11-9-25-49-47(35)57-45)32-24-22-30(28-34(32)46-52-36-12-10-26-50-48(36)58-46)54-39-15-3-7-19-43(39)56-44-20-8-4-16-40(44)54/h1-28H. The van der Waals surface area contributed by atoms with Gasteiger partial charge in [0.15, 0.2) is 23.0 Å². The third-order valence-electron chi connectivity index (χ3n) is 10.5. The Kier molecular flexibility index (Phi) is 6.99. The summed E-state index contributed by atoms with van der Waals surface area (Å²) < 4.78 is 25.6. The van der Waals surface area contributed by atoms with E-state index in [0.717, 1.165) is 79.4 Å². The van der Waals surface area contributed by atoms with E-state index in [1.165, 1.54) is 0 Å². The van der Waals surface area contributed by atoms with Gasteiger partial charge in [-0.25, -0.2) is 19.9 Å². The van der Waals surface area contributed by atoms with E-state index < -0.39 is 0 Å². The fourth-order valence-corrected chi connectivity index (χ4v) is 7.90.